The average Bonchev–Trinajstić information content (AvgIpc) is 2.78. The number of nitrogens with two attached hydrogens (primary N) is 2. The van der Waals surface area contributed by atoms with Crippen molar-refractivity contribution < 1.29 is 13.6 Å². The van der Waals surface area contributed by atoms with Gasteiger partial charge in [0, 0.05) is 32.1 Å². The fourth-order valence-electron chi connectivity index (χ4n) is 2.96. The molecule has 21 heavy (non-hydrogen) atoms. The lowest BCUT2D eigenvalue weighted by atomic mass is 9.90. The van der Waals surface area contributed by atoms with Crippen LogP contribution in [0.4, 0.5) is 8.87 Å². The zero-order chi connectivity index (χ0) is 15.1. The van der Waals surface area contributed by atoms with E-state index in [9.17, 15) is 8.87 Å². The third-order valence-electron chi connectivity index (χ3n) is 3.99. The summed E-state index contributed by atoms with van der Waals surface area (Å²) >= 11 is 0. The third-order valence-corrected chi connectivity index (χ3v) is 3.99. The van der Waals surface area contributed by atoms with Crippen molar-refractivity contribution in [1.82, 2.24) is 10.0 Å². The fourth-order valence-corrected chi connectivity index (χ4v) is 2.96. The van der Waals surface area contributed by atoms with E-state index in [1.165, 1.54) is 0 Å². The highest BCUT2D eigenvalue weighted by atomic mass is 19.2. The van der Waals surface area contributed by atoms with Gasteiger partial charge >= 0.3 is 0 Å². The zero-order valence-corrected chi connectivity index (χ0v) is 11.9. The molecule has 1 saturated carbocycles. The molecule has 1 fully saturated rings. The summed E-state index contributed by atoms with van der Waals surface area (Å²) in [6.45, 7) is 0.801. The summed E-state index contributed by atoms with van der Waals surface area (Å²) in [4.78, 5) is 5.68. The van der Waals surface area contributed by atoms with Crippen LogP contribution in [0.3, 0.4) is 0 Å². The number of rotatable bonds is 3. The minimum absolute atomic E-state index is 0.181. The monoisotopic (exact) mass is 299 g/mol. The number of likely N-dealkylation sites (N-methyl/N-ethyl adjacent to an activating group) is 1. The number of aliphatic imine (C=N–C) groups is 1. The van der Waals surface area contributed by atoms with Crippen molar-refractivity contribution in [2.24, 2.45) is 16.5 Å². The zero-order valence-electron chi connectivity index (χ0n) is 11.9. The number of fused-ring (bicyclic) bond motifs is 2. The molecule has 0 aromatic carbocycles. The first kappa shape index (κ1) is 14.1. The van der Waals surface area contributed by atoms with Crippen LogP contribution in [0.2, 0.25) is 0 Å². The SMILES string of the molecule is CN(CCN)C1=C2OC3CCC(F)CC3=C2N=C(N)N1F. The second kappa shape index (κ2) is 5.18. The molecule has 0 bridgehead atoms. The summed E-state index contributed by atoms with van der Waals surface area (Å²) in [5.74, 6) is 0.238. The molecule has 2 unspecified atom stereocenters. The summed E-state index contributed by atoms with van der Waals surface area (Å²) in [7, 11) is 1.70. The first-order valence-corrected chi connectivity index (χ1v) is 7.02. The van der Waals surface area contributed by atoms with E-state index in [1.807, 2.05) is 0 Å². The first-order valence-electron chi connectivity index (χ1n) is 7.02. The molecule has 0 radical (unpaired) electrons. The number of hydrogen-bond acceptors (Lipinski definition) is 6. The number of hydrogen-bond donors (Lipinski definition) is 2. The van der Waals surface area contributed by atoms with Crippen LogP contribution in [0.5, 0.6) is 0 Å². The van der Waals surface area contributed by atoms with Crippen molar-refractivity contribution in [2.45, 2.75) is 31.5 Å². The standard InChI is InChI=1S/C13H19F2N5O/c1-19(5-4-16)12-11-10(18-13(17)20(12)15)8-6-7(14)2-3-9(8)21-11/h7,9H,2-6,16H2,1H3,(H2,17,18). The van der Waals surface area contributed by atoms with Crippen molar-refractivity contribution in [3.8, 4) is 0 Å². The molecule has 3 aliphatic rings. The number of guanidine groups is 1. The molecule has 0 spiro atoms. The van der Waals surface area contributed by atoms with Gasteiger partial charge in [-0.2, -0.15) is 0 Å². The minimum atomic E-state index is -0.906. The molecule has 116 valence electrons. The molecule has 0 saturated heterocycles. The molecule has 2 heterocycles. The van der Waals surface area contributed by atoms with Gasteiger partial charge in [0.1, 0.15) is 18.0 Å². The van der Waals surface area contributed by atoms with E-state index in [0.29, 0.717) is 42.5 Å². The Bertz CT molecular complexity index is 545. The highest BCUT2D eigenvalue weighted by Crippen LogP contribution is 2.44. The molecule has 1 aliphatic carbocycles. The van der Waals surface area contributed by atoms with Crippen molar-refractivity contribution in [3.05, 3.63) is 22.9 Å². The Kier molecular flexibility index (Phi) is 3.48. The lowest BCUT2D eigenvalue weighted by Crippen LogP contribution is -2.41. The quantitative estimate of drug-likeness (QED) is 0.751. The maximum Gasteiger partial charge on any atom is 0.232 e. The van der Waals surface area contributed by atoms with Crippen LogP contribution in [0.15, 0.2) is 27.8 Å². The van der Waals surface area contributed by atoms with Crippen LogP contribution < -0.4 is 11.5 Å². The van der Waals surface area contributed by atoms with Crippen LogP contribution in [-0.4, -0.2) is 48.4 Å². The Morgan fingerprint density at radius 3 is 2.95 bits per heavy atom. The highest BCUT2D eigenvalue weighted by molar-refractivity contribution is 5.82. The van der Waals surface area contributed by atoms with Crippen LogP contribution in [0, 0.1) is 0 Å². The highest BCUT2D eigenvalue weighted by Gasteiger charge is 2.42. The van der Waals surface area contributed by atoms with Crippen LogP contribution in [0.25, 0.3) is 0 Å². The van der Waals surface area contributed by atoms with Gasteiger partial charge in [0.2, 0.25) is 5.96 Å². The molecule has 0 amide bonds. The number of ether oxygens (including phenoxy) is 1. The Balaban J connectivity index is 2.05. The van der Waals surface area contributed by atoms with Gasteiger partial charge in [0.15, 0.2) is 11.6 Å². The second-order valence-electron chi connectivity index (χ2n) is 5.47. The van der Waals surface area contributed by atoms with Crippen LogP contribution in [0.1, 0.15) is 19.3 Å². The van der Waals surface area contributed by atoms with Gasteiger partial charge in [-0.15, -0.1) is 5.12 Å². The summed E-state index contributed by atoms with van der Waals surface area (Å²) in [6, 6.07) is 0. The predicted molar refractivity (Wildman–Crippen MR) is 73.9 cm³/mol. The second-order valence-corrected chi connectivity index (χ2v) is 5.47. The first-order chi connectivity index (χ1) is 10.0. The van der Waals surface area contributed by atoms with E-state index in [2.05, 4.69) is 4.99 Å². The van der Waals surface area contributed by atoms with Gasteiger partial charge in [-0.3, -0.25) is 0 Å². The van der Waals surface area contributed by atoms with E-state index < -0.39 is 6.17 Å². The molecule has 4 N–H and O–H groups in total. The largest absolute Gasteiger partial charge is 0.480 e. The van der Waals surface area contributed by atoms with Crippen molar-refractivity contribution >= 4 is 5.96 Å². The summed E-state index contributed by atoms with van der Waals surface area (Å²) in [5, 5.41) is 0.291. The normalized spacial score (nSPS) is 28.2. The molecule has 2 atom stereocenters. The molecule has 3 rings (SSSR count). The Hall–Kier alpha value is -1.83. The Morgan fingerprint density at radius 2 is 2.24 bits per heavy atom. The van der Waals surface area contributed by atoms with Crippen molar-refractivity contribution in [3.63, 3.8) is 0 Å². The smallest absolute Gasteiger partial charge is 0.232 e. The summed E-state index contributed by atoms with van der Waals surface area (Å²) < 4.78 is 33.7. The molecule has 0 aromatic heterocycles. The van der Waals surface area contributed by atoms with Gasteiger partial charge in [-0.1, -0.05) is 4.48 Å². The van der Waals surface area contributed by atoms with Gasteiger partial charge < -0.3 is 21.1 Å². The van der Waals surface area contributed by atoms with Gasteiger partial charge in [0.25, 0.3) is 0 Å². The number of alkyl halides is 1. The maximum atomic E-state index is 14.3. The molecule has 8 heteroatoms. The Morgan fingerprint density at radius 1 is 1.48 bits per heavy atom. The van der Waals surface area contributed by atoms with Gasteiger partial charge in [0.05, 0.1) is 0 Å². The van der Waals surface area contributed by atoms with E-state index in [-0.39, 0.29) is 24.3 Å². The van der Waals surface area contributed by atoms with Crippen LogP contribution >= 0.6 is 0 Å². The third kappa shape index (κ3) is 2.23. The van der Waals surface area contributed by atoms with E-state index >= 15 is 0 Å². The van der Waals surface area contributed by atoms with E-state index in [1.54, 1.807) is 11.9 Å². The van der Waals surface area contributed by atoms with Gasteiger partial charge in [-0.05, 0) is 12.8 Å². The maximum absolute atomic E-state index is 14.3. The molecule has 0 aromatic rings. The molecule has 6 nitrogen and oxygen atoms in total. The van der Waals surface area contributed by atoms with E-state index in [0.717, 1.165) is 5.57 Å². The fraction of sp³-hybridized carbons (Fsp3) is 0.615. The van der Waals surface area contributed by atoms with Crippen molar-refractivity contribution in [1.29, 1.82) is 0 Å². The molecule has 2 aliphatic heterocycles. The van der Waals surface area contributed by atoms with Gasteiger partial charge in [-0.25, -0.2) is 9.38 Å². The number of halogens is 2. The minimum Gasteiger partial charge on any atom is -0.480 e. The Labute approximate surface area is 121 Å². The topological polar surface area (TPSA) is 80.1 Å². The average molecular weight is 299 g/mol. The van der Waals surface area contributed by atoms with Crippen molar-refractivity contribution in [2.75, 3.05) is 20.1 Å². The lowest BCUT2D eigenvalue weighted by Gasteiger charge is -2.30. The van der Waals surface area contributed by atoms with Crippen LogP contribution in [-0.2, 0) is 4.74 Å². The molecular weight excluding hydrogens is 280 g/mol. The number of nitrogens with zero attached hydrogens (tertiary/aromatic N) is 3. The predicted octanol–water partition coefficient (Wildman–Crippen LogP) is 0.736. The van der Waals surface area contributed by atoms with E-state index in [4.69, 9.17) is 16.2 Å². The lowest BCUT2D eigenvalue weighted by molar-refractivity contribution is 0.0741. The summed E-state index contributed by atoms with van der Waals surface area (Å²) in [5.41, 5.74) is 12.4. The molecular formula is C13H19F2N5O. The summed E-state index contributed by atoms with van der Waals surface area (Å²) in [6.07, 6.45) is 0.143.